The average Bonchev–Trinajstić information content (AvgIpc) is 3.12. The molecule has 1 aromatic heterocycles. The van der Waals surface area contributed by atoms with E-state index in [4.69, 9.17) is 20.9 Å². The lowest BCUT2D eigenvalue weighted by molar-refractivity contribution is 0.0925. The number of nitrogen functional groups attached to an aromatic ring is 2. The summed E-state index contributed by atoms with van der Waals surface area (Å²) >= 11 is 3.27. The number of imide groups is 1. The number of benzene rings is 3. The number of halogens is 2. The lowest BCUT2D eigenvalue weighted by Crippen LogP contribution is -2.30. The zero-order valence-corrected chi connectivity index (χ0v) is 22.1. The lowest BCUT2D eigenvalue weighted by Gasteiger charge is -2.22. The molecule has 194 valence electrons. The Morgan fingerprint density at radius 2 is 1.71 bits per heavy atom. The predicted molar refractivity (Wildman–Crippen MR) is 146 cm³/mol. The molecule has 11 heteroatoms. The van der Waals surface area contributed by atoms with E-state index in [1.54, 1.807) is 18.2 Å². The first kappa shape index (κ1) is 25.4. The highest BCUT2D eigenvalue weighted by molar-refractivity contribution is 9.10. The van der Waals surface area contributed by atoms with Gasteiger partial charge in [-0.2, -0.15) is 0 Å². The molecule has 4 aromatic rings. The van der Waals surface area contributed by atoms with Crippen LogP contribution in [0.2, 0.25) is 0 Å². The maximum absolute atomic E-state index is 15.1. The molecule has 0 atom stereocenters. The van der Waals surface area contributed by atoms with Gasteiger partial charge in [0.05, 0.1) is 41.4 Å². The van der Waals surface area contributed by atoms with Gasteiger partial charge in [-0.05, 0) is 48.9 Å². The van der Waals surface area contributed by atoms with Crippen molar-refractivity contribution in [2.45, 2.75) is 19.8 Å². The molecule has 0 unspecified atom stereocenters. The zero-order valence-electron chi connectivity index (χ0n) is 20.5. The largest absolute Gasteiger partial charge is 0.491 e. The highest BCUT2D eigenvalue weighted by Crippen LogP contribution is 2.48. The van der Waals surface area contributed by atoms with Gasteiger partial charge in [-0.25, -0.2) is 19.3 Å². The van der Waals surface area contributed by atoms with Gasteiger partial charge in [0.15, 0.2) is 11.5 Å². The number of anilines is 3. The third-order valence-electron chi connectivity index (χ3n) is 6.18. The second kappa shape index (κ2) is 9.90. The molecule has 9 nitrogen and oxygen atoms in total. The van der Waals surface area contributed by atoms with Crippen LogP contribution in [0.3, 0.4) is 0 Å². The van der Waals surface area contributed by atoms with Crippen molar-refractivity contribution in [3.8, 4) is 22.8 Å². The van der Waals surface area contributed by atoms with Crippen molar-refractivity contribution < 1.29 is 23.5 Å². The van der Waals surface area contributed by atoms with Crippen LogP contribution in [-0.2, 0) is 0 Å². The van der Waals surface area contributed by atoms with Gasteiger partial charge in [0.25, 0.3) is 11.8 Å². The van der Waals surface area contributed by atoms with E-state index in [-0.39, 0.29) is 57.6 Å². The molecule has 0 spiro atoms. The number of unbranched alkanes of at least 4 members (excludes halogenated alkanes) is 1. The minimum absolute atomic E-state index is 0.100. The fraction of sp³-hybridized carbons (Fsp3) is 0.185. The Bertz CT molecular complexity index is 1630. The van der Waals surface area contributed by atoms with Gasteiger partial charge in [-0.3, -0.25) is 9.59 Å². The molecule has 1 aliphatic rings. The van der Waals surface area contributed by atoms with Crippen LogP contribution < -0.4 is 25.8 Å². The summed E-state index contributed by atoms with van der Waals surface area (Å²) in [6.07, 6.45) is 1.55. The molecular formula is C27H23BrFN5O4. The van der Waals surface area contributed by atoms with E-state index in [2.05, 4.69) is 25.9 Å². The van der Waals surface area contributed by atoms with Crippen LogP contribution in [0.5, 0.6) is 11.5 Å². The van der Waals surface area contributed by atoms with E-state index in [9.17, 15) is 9.59 Å². The monoisotopic (exact) mass is 579 g/mol. The van der Waals surface area contributed by atoms with Gasteiger partial charge in [0.2, 0.25) is 5.95 Å². The zero-order chi connectivity index (χ0) is 27.1. The summed E-state index contributed by atoms with van der Waals surface area (Å²) in [4.78, 5) is 36.5. The summed E-state index contributed by atoms with van der Waals surface area (Å²) in [6.45, 7) is 2.29. The van der Waals surface area contributed by atoms with E-state index < -0.39 is 17.6 Å². The number of hydrogen-bond acceptors (Lipinski definition) is 8. The molecule has 2 heterocycles. The molecular weight excluding hydrogens is 557 g/mol. The van der Waals surface area contributed by atoms with Crippen molar-refractivity contribution in [3.63, 3.8) is 0 Å². The van der Waals surface area contributed by atoms with E-state index in [0.717, 1.165) is 11.3 Å². The Hall–Kier alpha value is -4.25. The Labute approximate surface area is 225 Å². The molecule has 38 heavy (non-hydrogen) atoms. The van der Waals surface area contributed by atoms with Crippen LogP contribution in [0.15, 0.2) is 46.9 Å². The fourth-order valence-electron chi connectivity index (χ4n) is 4.42. The number of rotatable bonds is 7. The van der Waals surface area contributed by atoms with Crippen molar-refractivity contribution in [3.05, 3.63) is 63.9 Å². The summed E-state index contributed by atoms with van der Waals surface area (Å²) < 4.78 is 27.6. The summed E-state index contributed by atoms with van der Waals surface area (Å²) in [5.74, 6) is -1.52. The summed E-state index contributed by atoms with van der Waals surface area (Å²) in [5, 5.41) is 0.331. The van der Waals surface area contributed by atoms with E-state index in [1.165, 1.54) is 31.4 Å². The standard InChI is InChI=1S/C27H23BrFN5O4/c1-3-4-9-38-24-21-19(32-27(31)33-22(21)16-7-5-13(28)10-18(16)29)12-20(23(24)37-2)34-25(35)15-8-6-14(30)11-17(15)26(34)36/h5-8,10-12H,3-4,9,30H2,1-2H3,(H2,31,32,33). The first-order valence-electron chi connectivity index (χ1n) is 11.8. The van der Waals surface area contributed by atoms with E-state index in [0.29, 0.717) is 22.0 Å². The molecule has 0 aliphatic carbocycles. The molecule has 0 bridgehead atoms. The Morgan fingerprint density at radius 1 is 0.974 bits per heavy atom. The molecule has 0 saturated heterocycles. The van der Waals surface area contributed by atoms with Crippen molar-refractivity contribution in [1.82, 2.24) is 9.97 Å². The molecule has 0 saturated carbocycles. The average molecular weight is 580 g/mol. The fourth-order valence-corrected chi connectivity index (χ4v) is 4.76. The second-order valence-electron chi connectivity index (χ2n) is 8.66. The number of carbonyl (C=O) groups is 2. The number of amides is 2. The van der Waals surface area contributed by atoms with Crippen LogP contribution in [0.4, 0.5) is 21.7 Å². The third-order valence-corrected chi connectivity index (χ3v) is 6.67. The molecule has 5 rings (SSSR count). The van der Waals surface area contributed by atoms with Gasteiger partial charge in [0, 0.05) is 15.7 Å². The van der Waals surface area contributed by atoms with Gasteiger partial charge < -0.3 is 20.9 Å². The number of fused-ring (bicyclic) bond motifs is 2. The van der Waals surface area contributed by atoms with Crippen LogP contribution in [0.1, 0.15) is 40.5 Å². The number of nitrogens with two attached hydrogens (primary N) is 2. The summed E-state index contributed by atoms with van der Waals surface area (Å²) in [6, 6.07) is 10.6. The maximum Gasteiger partial charge on any atom is 0.266 e. The van der Waals surface area contributed by atoms with Gasteiger partial charge in [0.1, 0.15) is 11.5 Å². The number of ether oxygens (including phenoxy) is 2. The Morgan fingerprint density at radius 3 is 2.42 bits per heavy atom. The second-order valence-corrected chi connectivity index (χ2v) is 9.58. The SMILES string of the molecule is CCCCOc1c(OC)c(N2C(=O)c3ccc(N)cc3C2=O)cc2nc(N)nc(-c3ccc(Br)cc3F)c12. The molecule has 2 amide bonds. The van der Waals surface area contributed by atoms with Crippen LogP contribution in [0, 0.1) is 5.82 Å². The third kappa shape index (κ3) is 4.18. The van der Waals surface area contributed by atoms with Crippen molar-refractivity contribution in [2.24, 2.45) is 0 Å². The van der Waals surface area contributed by atoms with Gasteiger partial charge >= 0.3 is 0 Å². The van der Waals surface area contributed by atoms with E-state index in [1.807, 2.05) is 6.92 Å². The smallest absolute Gasteiger partial charge is 0.266 e. The molecule has 3 aromatic carbocycles. The number of nitrogens with zero attached hydrogens (tertiary/aromatic N) is 3. The summed E-state index contributed by atoms with van der Waals surface area (Å²) in [5.41, 5.74) is 13.3. The summed E-state index contributed by atoms with van der Waals surface area (Å²) in [7, 11) is 1.39. The molecule has 1 aliphatic heterocycles. The van der Waals surface area contributed by atoms with Crippen molar-refractivity contribution in [1.29, 1.82) is 0 Å². The quantitative estimate of drug-likeness (QED) is 0.170. The highest BCUT2D eigenvalue weighted by Gasteiger charge is 2.40. The van der Waals surface area contributed by atoms with Gasteiger partial charge in [-0.15, -0.1) is 0 Å². The van der Waals surface area contributed by atoms with E-state index >= 15 is 4.39 Å². The first-order chi connectivity index (χ1) is 18.2. The van der Waals surface area contributed by atoms with Gasteiger partial charge in [-0.1, -0.05) is 29.3 Å². The minimum atomic E-state index is -0.573. The van der Waals surface area contributed by atoms with Crippen molar-refractivity contribution in [2.75, 3.05) is 30.1 Å². The lowest BCUT2D eigenvalue weighted by atomic mass is 10.0. The van der Waals surface area contributed by atoms with Crippen LogP contribution in [-0.4, -0.2) is 35.5 Å². The molecule has 4 N–H and O–H groups in total. The molecule has 0 fully saturated rings. The number of hydrogen-bond donors (Lipinski definition) is 2. The molecule has 0 radical (unpaired) electrons. The Kier molecular flexibility index (Phi) is 6.62. The topological polar surface area (TPSA) is 134 Å². The van der Waals surface area contributed by atoms with Crippen LogP contribution >= 0.6 is 15.9 Å². The van der Waals surface area contributed by atoms with Crippen LogP contribution in [0.25, 0.3) is 22.2 Å². The number of carbonyl (C=O) groups excluding carboxylic acids is 2. The predicted octanol–water partition coefficient (Wildman–Crippen LogP) is 5.35. The van der Waals surface area contributed by atoms with Crippen molar-refractivity contribution >= 4 is 56.0 Å². The number of methoxy groups -OCH3 is 1. The number of aromatic nitrogens is 2. The Balaban J connectivity index is 1.81. The highest BCUT2D eigenvalue weighted by atomic mass is 79.9. The maximum atomic E-state index is 15.1. The first-order valence-corrected chi connectivity index (χ1v) is 12.6. The normalized spacial score (nSPS) is 12.8. The minimum Gasteiger partial charge on any atom is -0.491 e.